The molecule has 0 radical (unpaired) electrons. The number of hydrogen-bond acceptors (Lipinski definition) is 7. The van der Waals surface area contributed by atoms with Gasteiger partial charge in [0.2, 0.25) is 0 Å². The fourth-order valence-corrected chi connectivity index (χ4v) is 5.31. The van der Waals surface area contributed by atoms with Gasteiger partial charge in [0.05, 0.1) is 39.1 Å². The van der Waals surface area contributed by atoms with Crippen LogP contribution in [-0.4, -0.2) is 61.1 Å². The Labute approximate surface area is 246 Å². The van der Waals surface area contributed by atoms with Crippen LogP contribution in [-0.2, 0) is 46.0 Å². The molecule has 1 saturated heterocycles. The lowest BCUT2D eigenvalue weighted by atomic mass is 9.95. The lowest BCUT2D eigenvalue weighted by Crippen LogP contribution is -2.61. The number of ether oxygens (including phenoxy) is 5. The lowest BCUT2D eigenvalue weighted by molar-refractivity contribution is -0.319. The van der Waals surface area contributed by atoms with Crippen molar-refractivity contribution in [1.29, 1.82) is 0 Å². The molecule has 6 atom stereocenters. The second-order valence-electron chi connectivity index (χ2n) is 9.58. The summed E-state index contributed by atoms with van der Waals surface area (Å²) in [7, 11) is -5.35. The Balaban J connectivity index is 1.82. The van der Waals surface area contributed by atoms with Crippen LogP contribution in [0.1, 0.15) is 24.0 Å². The summed E-state index contributed by atoms with van der Waals surface area (Å²) in [5, 5.41) is 0. The molecule has 230 valence electrons. The lowest BCUT2D eigenvalue weighted by Gasteiger charge is -2.46. The minimum absolute atomic E-state index is 0.0667. The van der Waals surface area contributed by atoms with E-state index < -0.39 is 57.0 Å². The maximum Gasteiger partial charge on any atom is 0.397 e. The molecule has 8 nitrogen and oxygen atoms in total. The number of halogens is 2. The topological polar surface area (TPSA) is 92.7 Å². The Morgan fingerprint density at radius 3 is 1.83 bits per heavy atom. The van der Waals surface area contributed by atoms with E-state index in [1.807, 2.05) is 30.3 Å². The SMILES string of the molecule is C=CCO[C@@H]1[C@@H](OCC=C)[C@H](OCc2ccccc2)O[C@H](CCC(F)(F)P(=O)(O)OCc2ccccc2)[C@H]1OCC=C. The van der Waals surface area contributed by atoms with Crippen LogP contribution in [0, 0.1) is 0 Å². The average Bonchev–Trinajstić information content (AvgIpc) is 3.00. The van der Waals surface area contributed by atoms with Gasteiger partial charge in [-0.1, -0.05) is 78.9 Å². The quantitative estimate of drug-likeness (QED) is 0.144. The molecule has 2 aromatic rings. The number of alkyl halides is 2. The van der Waals surface area contributed by atoms with Gasteiger partial charge in [-0.15, -0.1) is 19.7 Å². The summed E-state index contributed by atoms with van der Waals surface area (Å²) in [5.74, 6) is 0. The van der Waals surface area contributed by atoms with Crippen molar-refractivity contribution in [2.75, 3.05) is 19.8 Å². The Morgan fingerprint density at radius 2 is 1.29 bits per heavy atom. The van der Waals surface area contributed by atoms with Gasteiger partial charge in [-0.2, -0.15) is 8.78 Å². The van der Waals surface area contributed by atoms with Gasteiger partial charge in [-0.3, -0.25) is 9.09 Å². The van der Waals surface area contributed by atoms with Crippen molar-refractivity contribution < 1.29 is 46.4 Å². The number of rotatable bonds is 19. The molecule has 2 aromatic carbocycles. The fourth-order valence-electron chi connectivity index (χ4n) is 4.39. The van der Waals surface area contributed by atoms with Crippen LogP contribution in [0.25, 0.3) is 0 Å². The molecular weight excluding hydrogens is 569 g/mol. The van der Waals surface area contributed by atoms with Gasteiger partial charge in [0.15, 0.2) is 6.29 Å². The van der Waals surface area contributed by atoms with E-state index in [9.17, 15) is 9.46 Å². The van der Waals surface area contributed by atoms with E-state index >= 15 is 8.78 Å². The second-order valence-corrected chi connectivity index (χ2v) is 11.5. The first-order valence-corrected chi connectivity index (χ1v) is 15.2. The van der Waals surface area contributed by atoms with Gasteiger partial charge in [0.25, 0.3) is 0 Å². The third-order valence-electron chi connectivity index (χ3n) is 6.46. The summed E-state index contributed by atoms with van der Waals surface area (Å²) in [5.41, 5.74) is -2.72. The Bertz CT molecular complexity index is 1150. The summed E-state index contributed by atoms with van der Waals surface area (Å²) in [6.07, 6.45) is -1.42. The van der Waals surface area contributed by atoms with Gasteiger partial charge in [0.1, 0.15) is 18.3 Å². The number of benzene rings is 2. The predicted octanol–water partition coefficient (Wildman–Crippen LogP) is 6.42. The van der Waals surface area contributed by atoms with Gasteiger partial charge in [-0.05, 0) is 17.5 Å². The third kappa shape index (κ3) is 9.76. The standard InChI is InChI=1S/C31H39F2O8P/c1-4-19-36-27-26(17-18-31(32,33)42(34,35)40-23-25-15-11-8-12-16-25)41-30(39-22-24-13-9-7-10-14-24)29(38-21-6-3)28(27)37-20-5-2/h4-16,26-30H,1-3,17-23H2,(H,34,35)/t26-,27-,28+,29-,30-/m1/s1. The van der Waals surface area contributed by atoms with Crippen molar-refractivity contribution in [3.8, 4) is 0 Å². The van der Waals surface area contributed by atoms with Crippen molar-refractivity contribution in [3.05, 3.63) is 110 Å². The molecule has 0 saturated carbocycles. The molecular formula is C31H39F2O8P. The summed E-state index contributed by atoms with van der Waals surface area (Å²) >= 11 is 0. The largest absolute Gasteiger partial charge is 0.397 e. The highest BCUT2D eigenvalue weighted by atomic mass is 31.2. The van der Waals surface area contributed by atoms with Crippen LogP contribution in [0.3, 0.4) is 0 Å². The van der Waals surface area contributed by atoms with Crippen molar-refractivity contribution in [2.45, 2.75) is 62.4 Å². The maximum absolute atomic E-state index is 15.2. The van der Waals surface area contributed by atoms with Crippen LogP contribution < -0.4 is 0 Å². The Hall–Kier alpha value is -2.53. The van der Waals surface area contributed by atoms with Crippen LogP contribution in [0.5, 0.6) is 0 Å². The zero-order chi connectivity index (χ0) is 30.4. The van der Waals surface area contributed by atoms with Gasteiger partial charge in [0, 0.05) is 6.42 Å². The van der Waals surface area contributed by atoms with E-state index in [1.54, 1.807) is 42.5 Å². The average molecular weight is 609 g/mol. The highest BCUT2D eigenvalue weighted by Gasteiger charge is 2.54. The van der Waals surface area contributed by atoms with E-state index in [0.717, 1.165) is 5.56 Å². The first-order valence-electron chi connectivity index (χ1n) is 13.6. The summed E-state index contributed by atoms with van der Waals surface area (Å²) in [4.78, 5) is 10.2. The predicted molar refractivity (Wildman–Crippen MR) is 155 cm³/mol. The van der Waals surface area contributed by atoms with E-state index in [0.29, 0.717) is 5.56 Å². The molecule has 1 aliphatic heterocycles. The second kappa shape index (κ2) is 16.9. The van der Waals surface area contributed by atoms with Crippen molar-refractivity contribution in [3.63, 3.8) is 0 Å². The zero-order valence-electron chi connectivity index (χ0n) is 23.5. The van der Waals surface area contributed by atoms with Crippen molar-refractivity contribution in [2.24, 2.45) is 0 Å². The molecule has 0 aromatic heterocycles. The monoisotopic (exact) mass is 608 g/mol. The fraction of sp³-hybridized carbons (Fsp3) is 0.419. The van der Waals surface area contributed by atoms with E-state index in [4.69, 9.17) is 28.2 Å². The molecule has 42 heavy (non-hydrogen) atoms. The smallest absolute Gasteiger partial charge is 0.369 e. The third-order valence-corrected chi connectivity index (χ3v) is 7.99. The molecule has 3 rings (SSSR count). The van der Waals surface area contributed by atoms with Crippen LogP contribution in [0.15, 0.2) is 98.6 Å². The maximum atomic E-state index is 15.2. The van der Waals surface area contributed by atoms with E-state index in [1.165, 1.54) is 6.08 Å². The molecule has 1 unspecified atom stereocenters. The molecule has 0 bridgehead atoms. The van der Waals surface area contributed by atoms with Gasteiger partial charge < -0.3 is 28.6 Å². The van der Waals surface area contributed by atoms with Crippen LogP contribution >= 0.6 is 7.60 Å². The molecule has 11 heteroatoms. The van der Waals surface area contributed by atoms with Crippen LogP contribution in [0.2, 0.25) is 0 Å². The number of hydrogen-bond donors (Lipinski definition) is 1. The highest BCUT2D eigenvalue weighted by Crippen LogP contribution is 2.60. The Morgan fingerprint density at radius 1 is 0.786 bits per heavy atom. The molecule has 1 heterocycles. The van der Waals surface area contributed by atoms with Gasteiger partial charge in [-0.25, -0.2) is 0 Å². The molecule has 0 aliphatic carbocycles. The van der Waals surface area contributed by atoms with Crippen molar-refractivity contribution >= 4 is 7.60 Å². The summed E-state index contributed by atoms with van der Waals surface area (Å²) < 4.78 is 78.1. The van der Waals surface area contributed by atoms with Gasteiger partial charge >= 0.3 is 13.3 Å². The molecule has 1 aliphatic rings. The minimum Gasteiger partial charge on any atom is -0.369 e. The highest BCUT2D eigenvalue weighted by molar-refractivity contribution is 7.54. The molecule has 1 N–H and O–H groups in total. The summed E-state index contributed by atoms with van der Waals surface area (Å²) in [6.45, 7) is 11.1. The minimum atomic E-state index is -5.35. The zero-order valence-corrected chi connectivity index (χ0v) is 24.4. The first-order chi connectivity index (χ1) is 20.2. The van der Waals surface area contributed by atoms with E-state index in [2.05, 4.69) is 19.7 Å². The first kappa shape index (κ1) is 34.0. The normalized spacial score (nSPS) is 24.0. The molecule has 0 spiro atoms. The molecule has 0 amide bonds. The van der Waals surface area contributed by atoms with E-state index in [-0.39, 0.29) is 32.8 Å². The van der Waals surface area contributed by atoms with Crippen LogP contribution in [0.4, 0.5) is 8.78 Å². The van der Waals surface area contributed by atoms with Crippen molar-refractivity contribution in [1.82, 2.24) is 0 Å². The summed E-state index contributed by atoms with van der Waals surface area (Å²) in [6, 6.07) is 17.6. The Kier molecular flexibility index (Phi) is 13.7. The molecule has 1 fully saturated rings.